The van der Waals surface area contributed by atoms with Gasteiger partial charge in [0, 0.05) is 27.3 Å². The third-order valence-corrected chi connectivity index (χ3v) is 14.8. The number of carbonyl (C=O) groups is 10. The zero-order chi connectivity index (χ0) is 68.4. The molecule has 0 unspecified atom stereocenters. The van der Waals surface area contributed by atoms with Crippen LogP contribution >= 0.6 is 69.6 Å². The first-order chi connectivity index (χ1) is 44.6. The van der Waals surface area contributed by atoms with Crippen molar-refractivity contribution in [1.29, 1.82) is 0 Å². The molecule has 15 atom stereocenters. The van der Waals surface area contributed by atoms with Crippen LogP contribution in [-0.2, 0) is 102 Å². The van der Waals surface area contributed by atoms with Crippen molar-refractivity contribution in [2.24, 2.45) is 0 Å². The minimum atomic E-state index is -2.83. The normalized spacial score (nSPS) is 25.9. The van der Waals surface area contributed by atoms with Crippen LogP contribution in [0.1, 0.15) is 57.4 Å². The molecule has 3 amide bonds. The first kappa shape index (κ1) is 74.2. The summed E-state index contributed by atoms with van der Waals surface area (Å²) in [5.41, 5.74) is 0.325. The van der Waals surface area contributed by atoms with Gasteiger partial charge in [-0.05, 0) is 42.0 Å². The third-order valence-electron chi connectivity index (χ3n) is 13.8. The van der Waals surface area contributed by atoms with Crippen LogP contribution in [0, 0.1) is 0 Å². The maximum Gasteiger partial charge on any atom is 0.407 e. The van der Waals surface area contributed by atoms with Crippen LogP contribution in [0.5, 0.6) is 0 Å². The van der Waals surface area contributed by atoms with Crippen LogP contribution in [0.2, 0.25) is 0 Å². The summed E-state index contributed by atoms with van der Waals surface area (Å²) in [5.74, 6) is -10.8. The molecule has 3 aliphatic rings. The Balaban J connectivity index is 1.38. The summed E-state index contributed by atoms with van der Waals surface area (Å²) >= 11 is 36.5. The number of halogens is 6. The van der Waals surface area contributed by atoms with E-state index in [1.807, 2.05) is 0 Å². The van der Waals surface area contributed by atoms with Gasteiger partial charge in [0.15, 0.2) is 49.4 Å². The Hall–Kier alpha value is -7.16. The van der Waals surface area contributed by atoms with Crippen LogP contribution in [0.4, 0.5) is 4.79 Å². The molecule has 4 N–H and O–H groups in total. The van der Waals surface area contributed by atoms with Gasteiger partial charge >= 0.3 is 47.9 Å². The lowest BCUT2D eigenvalue weighted by atomic mass is 9.93. The number of alkyl carbamates (subject to hydrolysis) is 1. The molecule has 3 fully saturated rings. The summed E-state index contributed by atoms with van der Waals surface area (Å²) in [4.78, 5) is 136. The molecule has 508 valence electrons. The number of aliphatic hydroxyl groups is 1. The molecular formula is C60H61Cl6N3O25. The second-order valence-electron chi connectivity index (χ2n) is 20.5. The van der Waals surface area contributed by atoms with Crippen molar-refractivity contribution in [2.75, 3.05) is 33.5 Å². The molecule has 0 saturated carbocycles. The third kappa shape index (κ3) is 20.9. The Labute approximate surface area is 565 Å². The highest BCUT2D eigenvalue weighted by atomic mass is 35.6. The summed E-state index contributed by atoms with van der Waals surface area (Å²) in [5, 5.41) is 19.8. The van der Waals surface area contributed by atoms with E-state index in [4.69, 9.17) is 136 Å². The van der Waals surface area contributed by atoms with Crippen molar-refractivity contribution in [3.8, 4) is 0 Å². The zero-order valence-electron chi connectivity index (χ0n) is 49.8. The lowest BCUT2D eigenvalue weighted by Crippen LogP contribution is -2.71. The summed E-state index contributed by atoms with van der Waals surface area (Å²) in [7, 11) is 0.868. The Kier molecular flexibility index (Phi) is 27.2. The molecule has 0 bridgehead atoms. The fourth-order valence-corrected chi connectivity index (χ4v) is 9.87. The molecule has 0 aliphatic carbocycles. The van der Waals surface area contributed by atoms with Crippen LogP contribution in [-0.4, -0.2) is 198 Å². The molecule has 94 heavy (non-hydrogen) atoms. The van der Waals surface area contributed by atoms with Gasteiger partial charge in [0.05, 0.1) is 30.4 Å². The molecule has 0 spiro atoms. The average Bonchev–Trinajstić information content (AvgIpc) is 0.771. The second kappa shape index (κ2) is 34.5. The number of hydrogen-bond donors (Lipinski definition) is 4. The number of methoxy groups -OCH3 is 1. The lowest BCUT2D eigenvalue weighted by molar-refractivity contribution is -0.359. The van der Waals surface area contributed by atoms with Crippen molar-refractivity contribution in [1.82, 2.24) is 16.0 Å². The van der Waals surface area contributed by atoms with Crippen LogP contribution in [0.25, 0.3) is 0 Å². The number of alkyl halides is 6. The molecule has 34 heteroatoms. The number of carbonyl (C=O) groups excluding carboxylic acids is 10. The van der Waals surface area contributed by atoms with Crippen LogP contribution in [0.15, 0.2) is 121 Å². The molecule has 0 radical (unpaired) electrons. The van der Waals surface area contributed by atoms with Crippen molar-refractivity contribution in [3.05, 3.63) is 144 Å². The smallest absolute Gasteiger partial charge is 0.407 e. The van der Waals surface area contributed by atoms with Gasteiger partial charge in [-0.1, -0.05) is 155 Å². The Bertz CT molecular complexity index is 3270. The Morgan fingerprint density at radius 3 is 1.47 bits per heavy atom. The van der Waals surface area contributed by atoms with E-state index in [0.29, 0.717) is 5.56 Å². The molecule has 7 rings (SSSR count). The topological polar surface area (TPSA) is 356 Å². The number of hydrogen-bond acceptors (Lipinski definition) is 25. The van der Waals surface area contributed by atoms with E-state index in [1.165, 1.54) is 60.7 Å². The van der Waals surface area contributed by atoms with E-state index < -0.39 is 179 Å². The van der Waals surface area contributed by atoms with Gasteiger partial charge in [0.1, 0.15) is 62.4 Å². The molecule has 28 nitrogen and oxygen atoms in total. The van der Waals surface area contributed by atoms with Crippen molar-refractivity contribution < 1.29 is 119 Å². The highest BCUT2D eigenvalue weighted by Crippen LogP contribution is 2.39. The minimum absolute atomic E-state index is 0.0513. The average molecular weight is 1440 g/mol. The van der Waals surface area contributed by atoms with E-state index in [1.54, 1.807) is 60.7 Å². The number of amides is 3. The van der Waals surface area contributed by atoms with Crippen molar-refractivity contribution in [2.45, 2.75) is 127 Å². The molecule has 3 heterocycles. The number of rotatable bonds is 24. The van der Waals surface area contributed by atoms with E-state index in [2.05, 4.69) is 16.0 Å². The number of benzene rings is 4. The van der Waals surface area contributed by atoms with Gasteiger partial charge in [-0.3, -0.25) is 24.0 Å². The lowest BCUT2D eigenvalue weighted by Gasteiger charge is -2.50. The van der Waals surface area contributed by atoms with Gasteiger partial charge in [0.25, 0.3) is 19.4 Å². The summed E-state index contributed by atoms with van der Waals surface area (Å²) < 4.78 is 77.6. The molecule has 0 aromatic heterocycles. The van der Waals surface area contributed by atoms with Crippen molar-refractivity contribution >= 4 is 129 Å². The largest absolute Gasteiger partial charge is 0.467 e. The van der Waals surface area contributed by atoms with Gasteiger partial charge in [-0.15, -0.1) is 0 Å². The molecule has 4 aromatic carbocycles. The van der Waals surface area contributed by atoms with Gasteiger partial charge in [-0.2, -0.15) is 0 Å². The molecule has 3 saturated heterocycles. The minimum Gasteiger partial charge on any atom is -0.467 e. The van der Waals surface area contributed by atoms with E-state index in [0.717, 1.165) is 27.9 Å². The molecular weight excluding hydrogens is 1380 g/mol. The quantitative estimate of drug-likeness (QED) is 0.0315. The first-order valence-electron chi connectivity index (χ1n) is 28.2. The summed E-state index contributed by atoms with van der Waals surface area (Å²) in [6, 6.07) is 26.3. The Morgan fingerprint density at radius 1 is 0.489 bits per heavy atom. The number of aliphatic hydroxyl groups excluding tert-OH is 1. The molecule has 3 aliphatic heterocycles. The SMILES string of the molecule is COC(=O)[C@H]1O[C@@H](O[C@H]2[C@@H](O)[C@@H](COC(=O)c3ccccc3)O[C@@H](OCCNC(=O)OCc3ccccc3)[C@@H]2NC(=O)C(Cl)(Cl)Cl)[C@H](OC(=O)c2ccccc2)[C@@H](OC(=O)c2ccccc2)[C@@H]1O[C@@H]1O[C@H](COC(C)=O)[C@H](OC(C)=O)[C@H](OC(C)=O)[C@H]1NC(=O)C(Cl)(Cl)Cl. The zero-order valence-corrected chi connectivity index (χ0v) is 54.3. The van der Waals surface area contributed by atoms with Gasteiger partial charge < -0.3 is 87.4 Å². The Morgan fingerprint density at radius 2 is 0.957 bits per heavy atom. The summed E-state index contributed by atoms with van der Waals surface area (Å²) in [6.45, 7) is 0.251. The number of esters is 7. The highest BCUT2D eigenvalue weighted by Gasteiger charge is 2.61. The predicted octanol–water partition coefficient (Wildman–Crippen LogP) is 4.85. The van der Waals surface area contributed by atoms with E-state index in [-0.39, 0.29) is 29.8 Å². The first-order valence-corrected chi connectivity index (χ1v) is 30.5. The van der Waals surface area contributed by atoms with E-state index >= 15 is 0 Å². The predicted molar refractivity (Wildman–Crippen MR) is 325 cm³/mol. The molecule has 4 aromatic rings. The monoisotopic (exact) mass is 1430 g/mol. The standard InChI is InChI=1S/C60H61Cl6N3O25/c1-30(70)83-29-38-42(86-31(2)71)44(87-32(3)72)40(69-57(79)60(64,65)66)54(89-38)93-45-46(90-50(75)35-21-13-7-14-22-35)48(91-51(76)36-23-15-8-16-24-36)55(94-47(45)52(77)81-4)92-43-39(68-56(78)59(61,62)63)53(82-26-25-67-58(80)85-27-33-17-9-5-10-18-33)88-37(41(43)73)28-84-49(74)34-19-11-6-12-20-34/h5-24,37-48,53-55,73H,25-29H2,1-4H3,(H,67,80)(H,68,78)(H,69,79)/t37-,38-,39-,40-,41+,42+,43-,44-,45+,46+,47+,48-,53-,54+,55-/m1/s1. The number of ether oxygens (including phenoxy) is 14. The maximum atomic E-state index is 14.7. The van der Waals surface area contributed by atoms with Crippen LogP contribution < -0.4 is 16.0 Å². The van der Waals surface area contributed by atoms with Gasteiger partial charge in [-0.25, -0.2) is 24.0 Å². The fourth-order valence-electron chi connectivity index (χ4n) is 9.54. The fraction of sp³-hybridized carbons (Fsp3) is 0.433. The second-order valence-corrected chi connectivity index (χ2v) is 25.0. The van der Waals surface area contributed by atoms with Crippen LogP contribution in [0.3, 0.4) is 0 Å². The van der Waals surface area contributed by atoms with Gasteiger partial charge in [0.2, 0.25) is 0 Å². The highest BCUT2D eigenvalue weighted by molar-refractivity contribution is 6.76. The van der Waals surface area contributed by atoms with E-state index in [9.17, 15) is 53.1 Å². The summed E-state index contributed by atoms with van der Waals surface area (Å²) in [6.07, 6.45) is -28.5. The van der Waals surface area contributed by atoms with Crippen molar-refractivity contribution in [3.63, 3.8) is 0 Å². The maximum absolute atomic E-state index is 14.7. The number of nitrogens with one attached hydrogen (secondary N) is 3.